The molecule has 48 valence electrons. The van der Waals surface area contributed by atoms with E-state index in [1.807, 2.05) is 0 Å². The molecular formula is C4H8O3S. The van der Waals surface area contributed by atoms with E-state index in [-0.39, 0.29) is 18.7 Å². The first kappa shape index (κ1) is 7.78. The van der Waals surface area contributed by atoms with Crippen molar-refractivity contribution >= 4 is 18.6 Å². The molecule has 0 radical (unpaired) electrons. The summed E-state index contributed by atoms with van der Waals surface area (Å²) in [6, 6.07) is 0. The van der Waals surface area contributed by atoms with Crippen LogP contribution in [0.25, 0.3) is 0 Å². The monoisotopic (exact) mass is 136 g/mol. The molecule has 4 heteroatoms. The van der Waals surface area contributed by atoms with Crippen LogP contribution < -0.4 is 0 Å². The maximum absolute atomic E-state index is 9.99. The molecule has 0 spiro atoms. The summed E-state index contributed by atoms with van der Waals surface area (Å²) in [5, 5.41) is 0. The SMILES string of the molecule is CC(=O)OCOCS. The number of carbonyl (C=O) groups excluding carboxylic acids is 1. The fourth-order valence-corrected chi connectivity index (χ4v) is 0.236. The van der Waals surface area contributed by atoms with E-state index in [0.29, 0.717) is 0 Å². The van der Waals surface area contributed by atoms with Crippen LogP contribution in [0.1, 0.15) is 6.92 Å². The lowest BCUT2D eigenvalue weighted by Crippen LogP contribution is -2.02. The van der Waals surface area contributed by atoms with Crippen LogP contribution in [0, 0.1) is 0 Å². The molecule has 0 heterocycles. The first-order valence-electron chi connectivity index (χ1n) is 2.09. The molecule has 0 fully saturated rings. The van der Waals surface area contributed by atoms with Gasteiger partial charge in [0.2, 0.25) is 0 Å². The summed E-state index contributed by atoms with van der Waals surface area (Å²) in [5.41, 5.74) is 0. The third-order valence-electron chi connectivity index (χ3n) is 0.437. The molecule has 0 rings (SSSR count). The highest BCUT2D eigenvalue weighted by atomic mass is 32.1. The summed E-state index contributed by atoms with van der Waals surface area (Å²) in [5.74, 6) is -0.0698. The van der Waals surface area contributed by atoms with Crippen molar-refractivity contribution in [3.05, 3.63) is 0 Å². The van der Waals surface area contributed by atoms with Crippen molar-refractivity contribution in [2.24, 2.45) is 0 Å². The molecule has 0 aliphatic rings. The average molecular weight is 136 g/mol. The Balaban J connectivity index is 2.82. The second-order valence-electron chi connectivity index (χ2n) is 1.09. The van der Waals surface area contributed by atoms with Gasteiger partial charge >= 0.3 is 5.97 Å². The van der Waals surface area contributed by atoms with Gasteiger partial charge in [-0.1, -0.05) is 0 Å². The van der Waals surface area contributed by atoms with E-state index in [9.17, 15) is 4.79 Å². The number of ether oxygens (including phenoxy) is 2. The second-order valence-corrected chi connectivity index (χ2v) is 1.35. The number of esters is 1. The van der Waals surface area contributed by atoms with Crippen LogP contribution in [0.2, 0.25) is 0 Å². The Labute approximate surface area is 53.4 Å². The van der Waals surface area contributed by atoms with Crippen molar-refractivity contribution in [2.45, 2.75) is 6.92 Å². The fraction of sp³-hybridized carbons (Fsp3) is 0.750. The van der Waals surface area contributed by atoms with Crippen LogP contribution in [-0.2, 0) is 14.3 Å². The molecule has 0 N–H and O–H groups in total. The van der Waals surface area contributed by atoms with Gasteiger partial charge in [-0.3, -0.25) is 4.79 Å². The van der Waals surface area contributed by atoms with Crippen molar-refractivity contribution < 1.29 is 14.3 Å². The molecule has 0 unspecified atom stereocenters. The molecule has 0 aromatic carbocycles. The molecular weight excluding hydrogens is 128 g/mol. The van der Waals surface area contributed by atoms with Gasteiger partial charge < -0.3 is 9.47 Å². The summed E-state index contributed by atoms with van der Waals surface area (Å²) >= 11 is 3.71. The molecule has 0 bridgehead atoms. The summed E-state index contributed by atoms with van der Waals surface area (Å²) in [6.45, 7) is 1.32. The number of carbonyl (C=O) groups is 1. The molecule has 0 atom stereocenters. The van der Waals surface area contributed by atoms with Gasteiger partial charge in [0.15, 0.2) is 6.79 Å². The van der Waals surface area contributed by atoms with Gasteiger partial charge in [-0.25, -0.2) is 0 Å². The van der Waals surface area contributed by atoms with Gasteiger partial charge in [-0.15, -0.1) is 0 Å². The Kier molecular flexibility index (Phi) is 4.79. The zero-order valence-electron chi connectivity index (χ0n) is 4.59. The number of rotatable bonds is 3. The topological polar surface area (TPSA) is 35.5 Å². The predicted octanol–water partition coefficient (Wildman–Crippen LogP) is 0.411. The van der Waals surface area contributed by atoms with Gasteiger partial charge in [0.1, 0.15) is 0 Å². The number of hydrogen-bond acceptors (Lipinski definition) is 4. The van der Waals surface area contributed by atoms with Gasteiger partial charge in [0.25, 0.3) is 0 Å². The van der Waals surface area contributed by atoms with E-state index in [1.165, 1.54) is 6.92 Å². The zero-order valence-corrected chi connectivity index (χ0v) is 5.48. The van der Waals surface area contributed by atoms with Crippen LogP contribution in [-0.4, -0.2) is 18.7 Å². The standard InChI is InChI=1S/C4H8O3S/c1-4(5)7-2-6-3-8/h8H,2-3H2,1H3. The first-order valence-corrected chi connectivity index (χ1v) is 2.72. The number of hydrogen-bond donors (Lipinski definition) is 1. The molecule has 0 saturated carbocycles. The number of thiol groups is 1. The Bertz CT molecular complexity index is 73.7. The van der Waals surface area contributed by atoms with Gasteiger partial charge in [0, 0.05) is 6.92 Å². The second kappa shape index (κ2) is 4.93. The van der Waals surface area contributed by atoms with E-state index in [4.69, 9.17) is 0 Å². The fourth-order valence-electron chi connectivity index (χ4n) is 0.162. The van der Waals surface area contributed by atoms with Crippen LogP contribution in [0.5, 0.6) is 0 Å². The molecule has 0 aromatic rings. The largest absolute Gasteiger partial charge is 0.439 e. The lowest BCUT2D eigenvalue weighted by atomic mass is 10.8. The minimum atomic E-state index is -0.341. The molecule has 0 saturated heterocycles. The van der Waals surface area contributed by atoms with E-state index >= 15 is 0 Å². The molecule has 0 aromatic heterocycles. The predicted molar refractivity (Wildman–Crippen MR) is 31.6 cm³/mol. The molecule has 8 heavy (non-hydrogen) atoms. The van der Waals surface area contributed by atoms with E-state index in [1.54, 1.807) is 0 Å². The Morgan fingerprint density at radius 2 is 2.38 bits per heavy atom. The van der Waals surface area contributed by atoms with Gasteiger partial charge in [-0.2, -0.15) is 12.6 Å². The van der Waals surface area contributed by atoms with Crippen LogP contribution in [0.15, 0.2) is 0 Å². The minimum Gasteiger partial charge on any atom is -0.439 e. The Morgan fingerprint density at radius 1 is 1.75 bits per heavy atom. The van der Waals surface area contributed by atoms with Crippen molar-refractivity contribution in [1.29, 1.82) is 0 Å². The summed E-state index contributed by atoms with van der Waals surface area (Å²) in [6.07, 6.45) is 0. The highest BCUT2D eigenvalue weighted by Crippen LogP contribution is 1.80. The van der Waals surface area contributed by atoms with Gasteiger partial charge in [0.05, 0.1) is 5.94 Å². The summed E-state index contributed by atoms with van der Waals surface area (Å²) < 4.78 is 8.94. The first-order chi connectivity index (χ1) is 3.77. The van der Waals surface area contributed by atoms with E-state index in [2.05, 4.69) is 22.1 Å². The third-order valence-corrected chi connectivity index (χ3v) is 0.619. The molecule has 0 aliphatic heterocycles. The van der Waals surface area contributed by atoms with Gasteiger partial charge in [-0.05, 0) is 0 Å². The minimum absolute atomic E-state index is 0.00116. The quantitative estimate of drug-likeness (QED) is 0.264. The van der Waals surface area contributed by atoms with Crippen molar-refractivity contribution in [3.63, 3.8) is 0 Å². The lowest BCUT2D eigenvalue weighted by molar-refractivity contribution is -0.151. The van der Waals surface area contributed by atoms with Crippen LogP contribution >= 0.6 is 12.6 Å². The lowest BCUT2D eigenvalue weighted by Gasteiger charge is -1.98. The Morgan fingerprint density at radius 3 is 2.75 bits per heavy atom. The van der Waals surface area contributed by atoms with Crippen molar-refractivity contribution in [1.82, 2.24) is 0 Å². The smallest absolute Gasteiger partial charge is 0.304 e. The maximum atomic E-state index is 9.99. The van der Waals surface area contributed by atoms with Crippen LogP contribution in [0.3, 0.4) is 0 Å². The van der Waals surface area contributed by atoms with Crippen molar-refractivity contribution in [2.75, 3.05) is 12.7 Å². The van der Waals surface area contributed by atoms with Crippen LogP contribution in [0.4, 0.5) is 0 Å². The summed E-state index contributed by atoms with van der Waals surface area (Å²) in [7, 11) is 0. The zero-order chi connectivity index (χ0) is 6.41. The third kappa shape index (κ3) is 5.78. The molecule has 0 amide bonds. The normalized spacial score (nSPS) is 8.75. The molecule has 3 nitrogen and oxygen atoms in total. The highest BCUT2D eigenvalue weighted by Gasteiger charge is 1.87. The average Bonchev–Trinajstić information content (AvgIpc) is 1.66. The molecule has 0 aliphatic carbocycles. The van der Waals surface area contributed by atoms with E-state index < -0.39 is 0 Å². The van der Waals surface area contributed by atoms with E-state index in [0.717, 1.165) is 0 Å². The highest BCUT2D eigenvalue weighted by molar-refractivity contribution is 7.80. The maximum Gasteiger partial charge on any atom is 0.304 e. The summed E-state index contributed by atoms with van der Waals surface area (Å²) in [4.78, 5) is 9.99. The Hall–Kier alpha value is -0.220. The van der Waals surface area contributed by atoms with Crippen molar-refractivity contribution in [3.8, 4) is 0 Å².